The van der Waals surface area contributed by atoms with Gasteiger partial charge in [0, 0.05) is 18.8 Å². The second-order valence-corrected chi connectivity index (χ2v) is 2.81. The Morgan fingerprint density at radius 2 is 2.31 bits per heavy atom. The molecule has 0 fully saturated rings. The molecule has 0 aliphatic heterocycles. The van der Waals surface area contributed by atoms with Crippen molar-refractivity contribution in [3.05, 3.63) is 30.0 Å². The summed E-state index contributed by atoms with van der Waals surface area (Å²) in [5.74, 6) is 0.718. The summed E-state index contributed by atoms with van der Waals surface area (Å²) in [4.78, 5) is 4.30. The summed E-state index contributed by atoms with van der Waals surface area (Å²) in [7, 11) is 1.79. The molecule has 13 heavy (non-hydrogen) atoms. The summed E-state index contributed by atoms with van der Waals surface area (Å²) in [6, 6.07) is 3.72. The van der Waals surface area contributed by atoms with Gasteiger partial charge < -0.3 is 10.7 Å². The average Bonchev–Trinajstić information content (AvgIpc) is 2.16. The summed E-state index contributed by atoms with van der Waals surface area (Å²) in [5.41, 5.74) is 2.57. The van der Waals surface area contributed by atoms with Gasteiger partial charge in [-0.2, -0.15) is 0 Å². The summed E-state index contributed by atoms with van der Waals surface area (Å²) in [6.07, 6.45) is 1.28. The molecule has 1 rings (SSSR count). The van der Waals surface area contributed by atoms with Gasteiger partial charge in [0.2, 0.25) is 0 Å². The molecule has 0 saturated carbocycles. The van der Waals surface area contributed by atoms with Crippen LogP contribution < -0.4 is 5.32 Å². The molecule has 1 heterocycles. The molecule has 0 radical (unpaired) electrons. The SMILES string of the molecule is C=C(C)c1ccc(C=N)c(NC)n1. The Kier molecular flexibility index (Phi) is 2.80. The number of anilines is 1. The highest BCUT2D eigenvalue weighted by Gasteiger charge is 2.01. The molecule has 0 saturated heterocycles. The van der Waals surface area contributed by atoms with Crippen LogP contribution in [0.25, 0.3) is 5.57 Å². The standard InChI is InChI=1S/C10H13N3/c1-7(2)9-5-4-8(6-11)10(12-3)13-9/h4-6,11H,1H2,2-3H3,(H,12,13). The van der Waals surface area contributed by atoms with Crippen LogP contribution in [0.5, 0.6) is 0 Å². The lowest BCUT2D eigenvalue weighted by Crippen LogP contribution is -1.99. The molecule has 0 bridgehead atoms. The van der Waals surface area contributed by atoms with Crippen molar-refractivity contribution in [2.45, 2.75) is 6.92 Å². The largest absolute Gasteiger partial charge is 0.373 e. The van der Waals surface area contributed by atoms with E-state index in [1.807, 2.05) is 19.1 Å². The predicted octanol–water partition coefficient (Wildman–Crippen LogP) is 2.15. The number of pyridine rings is 1. The van der Waals surface area contributed by atoms with Crippen LogP contribution >= 0.6 is 0 Å². The first-order valence-electron chi connectivity index (χ1n) is 4.04. The van der Waals surface area contributed by atoms with E-state index in [4.69, 9.17) is 5.41 Å². The monoisotopic (exact) mass is 175 g/mol. The van der Waals surface area contributed by atoms with Crippen LogP contribution in [0.1, 0.15) is 18.2 Å². The molecule has 0 unspecified atom stereocenters. The van der Waals surface area contributed by atoms with Crippen LogP contribution in [0.2, 0.25) is 0 Å². The minimum atomic E-state index is 0.718. The third-order valence-electron chi connectivity index (χ3n) is 1.76. The van der Waals surface area contributed by atoms with Crippen molar-refractivity contribution in [3.63, 3.8) is 0 Å². The van der Waals surface area contributed by atoms with Gasteiger partial charge in [-0.15, -0.1) is 0 Å². The third kappa shape index (κ3) is 1.93. The zero-order chi connectivity index (χ0) is 9.84. The molecule has 0 aromatic carbocycles. The molecule has 1 aromatic rings. The van der Waals surface area contributed by atoms with Crippen molar-refractivity contribution < 1.29 is 0 Å². The summed E-state index contributed by atoms with van der Waals surface area (Å²) in [5, 5.41) is 10.1. The first-order valence-corrected chi connectivity index (χ1v) is 4.04. The van der Waals surface area contributed by atoms with Gasteiger partial charge in [0.05, 0.1) is 5.69 Å². The predicted molar refractivity (Wildman–Crippen MR) is 56.4 cm³/mol. The van der Waals surface area contributed by atoms with Gasteiger partial charge in [0.25, 0.3) is 0 Å². The van der Waals surface area contributed by atoms with E-state index in [-0.39, 0.29) is 0 Å². The molecule has 0 aliphatic rings. The van der Waals surface area contributed by atoms with Crippen molar-refractivity contribution in [2.24, 2.45) is 0 Å². The fourth-order valence-electron chi connectivity index (χ4n) is 1.02. The molecule has 0 spiro atoms. The quantitative estimate of drug-likeness (QED) is 0.691. The van der Waals surface area contributed by atoms with Gasteiger partial charge in [-0.05, 0) is 24.6 Å². The summed E-state index contributed by atoms with van der Waals surface area (Å²) >= 11 is 0. The van der Waals surface area contributed by atoms with Crippen LogP contribution in [-0.4, -0.2) is 18.2 Å². The van der Waals surface area contributed by atoms with Gasteiger partial charge in [0.15, 0.2) is 0 Å². The molecule has 1 aromatic heterocycles. The second-order valence-electron chi connectivity index (χ2n) is 2.81. The maximum absolute atomic E-state index is 7.14. The lowest BCUT2D eigenvalue weighted by Gasteiger charge is -2.06. The van der Waals surface area contributed by atoms with Crippen molar-refractivity contribution in [2.75, 3.05) is 12.4 Å². The Morgan fingerprint density at radius 3 is 2.77 bits per heavy atom. The molecule has 0 amide bonds. The zero-order valence-corrected chi connectivity index (χ0v) is 7.89. The fourth-order valence-corrected chi connectivity index (χ4v) is 1.02. The normalized spacial score (nSPS) is 9.38. The van der Waals surface area contributed by atoms with Gasteiger partial charge in [-0.3, -0.25) is 0 Å². The smallest absolute Gasteiger partial charge is 0.135 e. The minimum Gasteiger partial charge on any atom is -0.373 e. The zero-order valence-electron chi connectivity index (χ0n) is 7.89. The van der Waals surface area contributed by atoms with Crippen LogP contribution in [0.4, 0.5) is 5.82 Å². The number of aromatic nitrogens is 1. The van der Waals surface area contributed by atoms with E-state index >= 15 is 0 Å². The second kappa shape index (κ2) is 3.85. The maximum Gasteiger partial charge on any atom is 0.135 e. The number of rotatable bonds is 3. The molecule has 3 nitrogen and oxygen atoms in total. The Bertz CT molecular complexity index is 342. The van der Waals surface area contributed by atoms with Crippen molar-refractivity contribution in [3.8, 4) is 0 Å². The van der Waals surface area contributed by atoms with Crippen LogP contribution in [0, 0.1) is 5.41 Å². The van der Waals surface area contributed by atoms with Gasteiger partial charge >= 0.3 is 0 Å². The molecule has 0 aliphatic carbocycles. The first kappa shape index (κ1) is 9.45. The maximum atomic E-state index is 7.14. The van der Waals surface area contributed by atoms with Crippen LogP contribution in [-0.2, 0) is 0 Å². The van der Waals surface area contributed by atoms with Gasteiger partial charge in [0.1, 0.15) is 5.82 Å². The van der Waals surface area contributed by atoms with Gasteiger partial charge in [-0.1, -0.05) is 6.58 Å². The Hall–Kier alpha value is -1.64. The minimum absolute atomic E-state index is 0.718. The molecular weight excluding hydrogens is 162 g/mol. The highest BCUT2D eigenvalue weighted by Crippen LogP contribution is 2.15. The van der Waals surface area contributed by atoms with Crippen molar-refractivity contribution in [1.29, 1.82) is 5.41 Å². The summed E-state index contributed by atoms with van der Waals surface area (Å²) < 4.78 is 0. The first-order chi connectivity index (χ1) is 6.19. The van der Waals surface area contributed by atoms with E-state index in [1.165, 1.54) is 6.21 Å². The van der Waals surface area contributed by atoms with Crippen LogP contribution in [0.3, 0.4) is 0 Å². The lowest BCUT2D eigenvalue weighted by molar-refractivity contribution is 1.23. The highest BCUT2D eigenvalue weighted by molar-refractivity contribution is 5.84. The highest BCUT2D eigenvalue weighted by atomic mass is 15.0. The summed E-state index contributed by atoms with van der Waals surface area (Å²) in [6.45, 7) is 5.72. The van der Waals surface area contributed by atoms with Crippen molar-refractivity contribution >= 4 is 17.6 Å². The third-order valence-corrected chi connectivity index (χ3v) is 1.76. The number of nitrogens with one attached hydrogen (secondary N) is 2. The average molecular weight is 175 g/mol. The molecule has 68 valence electrons. The van der Waals surface area contributed by atoms with Crippen LogP contribution in [0.15, 0.2) is 18.7 Å². The molecule has 2 N–H and O–H groups in total. The Labute approximate surface area is 78.0 Å². The molecule has 0 atom stereocenters. The molecule has 3 heteroatoms. The van der Waals surface area contributed by atoms with E-state index < -0.39 is 0 Å². The number of allylic oxidation sites excluding steroid dienone is 1. The van der Waals surface area contributed by atoms with E-state index in [9.17, 15) is 0 Å². The van der Waals surface area contributed by atoms with E-state index in [2.05, 4.69) is 16.9 Å². The number of hydrogen-bond donors (Lipinski definition) is 2. The van der Waals surface area contributed by atoms with Gasteiger partial charge in [-0.25, -0.2) is 4.98 Å². The lowest BCUT2D eigenvalue weighted by atomic mass is 10.2. The van der Waals surface area contributed by atoms with E-state index in [1.54, 1.807) is 7.05 Å². The Balaban J connectivity index is 3.20. The van der Waals surface area contributed by atoms with Crippen molar-refractivity contribution in [1.82, 2.24) is 4.98 Å². The Morgan fingerprint density at radius 1 is 1.62 bits per heavy atom. The fraction of sp³-hybridized carbons (Fsp3) is 0.200. The molecular formula is C10H13N3. The van der Waals surface area contributed by atoms with E-state index in [0.717, 1.165) is 22.6 Å². The number of nitrogens with zero attached hydrogens (tertiary/aromatic N) is 1. The topological polar surface area (TPSA) is 48.8 Å². The van der Waals surface area contributed by atoms with E-state index in [0.29, 0.717) is 0 Å². The number of hydrogen-bond acceptors (Lipinski definition) is 3.